The Labute approximate surface area is 208 Å². The smallest absolute Gasteiger partial charge is 0.406 e. The second-order valence-electron chi connectivity index (χ2n) is 8.67. The number of halogens is 6. The molecule has 4 aromatic rings. The van der Waals surface area contributed by atoms with E-state index in [1.807, 2.05) is 12.1 Å². The number of nitrogens with zero attached hydrogens (tertiary/aromatic N) is 1. The van der Waals surface area contributed by atoms with Crippen molar-refractivity contribution in [1.29, 1.82) is 0 Å². The highest BCUT2D eigenvalue weighted by atomic mass is 19.4. The monoisotopic (exact) mass is 511 g/mol. The van der Waals surface area contributed by atoms with Gasteiger partial charge in [-0.05, 0) is 65.1 Å². The summed E-state index contributed by atoms with van der Waals surface area (Å²) in [5.74, 6) is -2.39. The quantitative estimate of drug-likeness (QED) is 0.247. The molecule has 8 heteroatoms. The Kier molecular flexibility index (Phi) is 6.50. The number of hydrogen-bond acceptors (Lipinski definition) is 2. The molecule has 0 unspecified atom stereocenters. The minimum absolute atomic E-state index is 0.171. The summed E-state index contributed by atoms with van der Waals surface area (Å²) in [6, 6.07) is 21.9. The molecule has 0 fully saturated rings. The summed E-state index contributed by atoms with van der Waals surface area (Å²) in [5.41, 5.74) is 3.12. The summed E-state index contributed by atoms with van der Waals surface area (Å²) in [4.78, 5) is 4.70. The third-order valence-electron chi connectivity index (χ3n) is 6.31. The fourth-order valence-corrected chi connectivity index (χ4v) is 4.61. The molecule has 0 bridgehead atoms. The molecule has 0 saturated heterocycles. The van der Waals surface area contributed by atoms with Crippen LogP contribution in [-0.2, 0) is 0 Å². The molecule has 0 aromatic heterocycles. The van der Waals surface area contributed by atoms with Gasteiger partial charge in [0.2, 0.25) is 0 Å². The lowest BCUT2D eigenvalue weighted by Crippen LogP contribution is -2.16. The first-order valence-electron chi connectivity index (χ1n) is 11.4. The zero-order valence-electron chi connectivity index (χ0n) is 19.1. The molecule has 0 spiro atoms. The first-order valence-corrected chi connectivity index (χ1v) is 11.4. The zero-order chi connectivity index (χ0) is 26.2. The molecule has 0 aliphatic carbocycles. The number of benzene rings is 4. The Morgan fingerprint density at radius 3 is 1.78 bits per heavy atom. The van der Waals surface area contributed by atoms with Crippen LogP contribution in [-0.4, -0.2) is 12.1 Å². The number of alkyl halides is 3. The Morgan fingerprint density at radius 1 is 0.676 bits per heavy atom. The Hall–Kier alpha value is -4.07. The zero-order valence-corrected chi connectivity index (χ0v) is 19.1. The maximum Gasteiger partial charge on any atom is 0.573 e. The Bertz CT molecular complexity index is 1410. The van der Waals surface area contributed by atoms with Crippen LogP contribution in [0.5, 0.6) is 5.75 Å². The Morgan fingerprint density at radius 2 is 1.22 bits per heavy atom. The van der Waals surface area contributed by atoms with Gasteiger partial charge in [-0.15, -0.1) is 13.2 Å². The van der Waals surface area contributed by atoms with E-state index in [9.17, 15) is 26.3 Å². The Balaban J connectivity index is 1.47. The molecule has 0 N–H and O–H groups in total. The van der Waals surface area contributed by atoms with Crippen LogP contribution < -0.4 is 4.74 Å². The van der Waals surface area contributed by atoms with Gasteiger partial charge < -0.3 is 4.74 Å². The second kappa shape index (κ2) is 9.76. The maximum atomic E-state index is 14.5. The van der Waals surface area contributed by atoms with Crippen molar-refractivity contribution in [3.63, 3.8) is 0 Å². The van der Waals surface area contributed by atoms with E-state index in [4.69, 9.17) is 4.99 Å². The highest BCUT2D eigenvalue weighted by Crippen LogP contribution is 2.44. The van der Waals surface area contributed by atoms with E-state index in [0.717, 1.165) is 16.7 Å². The molecule has 2 nitrogen and oxygen atoms in total. The lowest BCUT2D eigenvalue weighted by atomic mass is 9.85. The molecule has 2 atom stereocenters. The number of rotatable bonds is 5. The van der Waals surface area contributed by atoms with Crippen molar-refractivity contribution in [1.82, 2.24) is 0 Å². The van der Waals surface area contributed by atoms with Crippen LogP contribution in [0.4, 0.5) is 26.3 Å². The average Bonchev–Trinajstić information content (AvgIpc) is 3.29. The third-order valence-corrected chi connectivity index (χ3v) is 6.31. The van der Waals surface area contributed by atoms with Gasteiger partial charge in [0, 0.05) is 11.6 Å². The van der Waals surface area contributed by atoms with Gasteiger partial charge in [-0.3, -0.25) is 4.99 Å². The minimum Gasteiger partial charge on any atom is -0.406 e. The van der Waals surface area contributed by atoms with Crippen molar-refractivity contribution in [3.05, 3.63) is 125 Å². The molecule has 0 amide bonds. The molecule has 188 valence electrons. The van der Waals surface area contributed by atoms with E-state index in [1.54, 1.807) is 24.3 Å². The number of hydrogen-bond donors (Lipinski definition) is 0. The van der Waals surface area contributed by atoms with Gasteiger partial charge in [0.1, 0.15) is 23.2 Å². The van der Waals surface area contributed by atoms with Gasteiger partial charge in [0.05, 0.1) is 11.6 Å². The van der Waals surface area contributed by atoms with Crippen molar-refractivity contribution in [3.8, 4) is 16.9 Å². The molecular weight excluding hydrogens is 492 g/mol. The van der Waals surface area contributed by atoms with Crippen molar-refractivity contribution in [2.24, 2.45) is 4.99 Å². The van der Waals surface area contributed by atoms with E-state index >= 15 is 0 Å². The van der Waals surface area contributed by atoms with Crippen LogP contribution in [0.2, 0.25) is 0 Å². The molecule has 5 rings (SSSR count). The maximum absolute atomic E-state index is 14.5. The summed E-state index contributed by atoms with van der Waals surface area (Å²) in [5, 5.41) is 0. The van der Waals surface area contributed by atoms with Crippen LogP contribution >= 0.6 is 0 Å². The second-order valence-corrected chi connectivity index (χ2v) is 8.67. The van der Waals surface area contributed by atoms with Gasteiger partial charge in [-0.2, -0.15) is 0 Å². The lowest BCUT2D eigenvalue weighted by molar-refractivity contribution is -0.274. The highest BCUT2D eigenvalue weighted by molar-refractivity contribution is 6.03. The fraction of sp³-hybridized carbons (Fsp3) is 0.138. The van der Waals surface area contributed by atoms with Crippen LogP contribution in [0.15, 0.2) is 96.0 Å². The average molecular weight is 511 g/mol. The molecule has 1 aliphatic rings. The minimum atomic E-state index is -4.77. The third kappa shape index (κ3) is 5.38. The summed E-state index contributed by atoms with van der Waals surface area (Å²) in [6.07, 6.45) is -4.51. The van der Waals surface area contributed by atoms with Gasteiger partial charge >= 0.3 is 6.36 Å². The predicted molar refractivity (Wildman–Crippen MR) is 128 cm³/mol. The summed E-state index contributed by atoms with van der Waals surface area (Å²) in [6.45, 7) is 0. The summed E-state index contributed by atoms with van der Waals surface area (Å²) in [7, 11) is 0. The van der Waals surface area contributed by atoms with E-state index < -0.39 is 29.9 Å². The van der Waals surface area contributed by atoms with Gasteiger partial charge in [0.15, 0.2) is 0 Å². The molecule has 1 aliphatic heterocycles. The van der Waals surface area contributed by atoms with Crippen LogP contribution in [0.1, 0.15) is 35.1 Å². The van der Waals surface area contributed by atoms with E-state index in [-0.39, 0.29) is 23.7 Å². The highest BCUT2D eigenvalue weighted by Gasteiger charge is 2.34. The molecule has 4 aromatic carbocycles. The van der Waals surface area contributed by atoms with Crippen molar-refractivity contribution >= 4 is 5.71 Å². The van der Waals surface area contributed by atoms with Crippen LogP contribution in [0, 0.1) is 17.5 Å². The van der Waals surface area contributed by atoms with E-state index in [2.05, 4.69) is 4.74 Å². The topological polar surface area (TPSA) is 21.6 Å². The van der Waals surface area contributed by atoms with Crippen LogP contribution in [0.3, 0.4) is 0 Å². The molecule has 1 heterocycles. The largest absolute Gasteiger partial charge is 0.573 e. The SMILES string of the molecule is Fc1ccc([C@H]2CC(c3c(F)cccc3F)=N[C@@H]2c2ccc(-c3ccc(OC(F)(F)F)cc3)cc2)cc1. The van der Waals surface area contributed by atoms with E-state index in [0.29, 0.717) is 11.3 Å². The summed E-state index contributed by atoms with van der Waals surface area (Å²) < 4.78 is 83.8. The predicted octanol–water partition coefficient (Wildman–Crippen LogP) is 8.39. The first kappa shape index (κ1) is 24.6. The number of aliphatic imine (C=N–C) groups is 1. The standard InChI is InChI=1S/C29H19F6NO/c30-21-12-8-19(9-13-21)23-16-26(27-24(31)2-1-3-25(27)32)36-28(23)20-6-4-17(5-7-20)18-10-14-22(15-11-18)37-29(33,34)35/h1-15,23,28H,16H2/t23-,28-/m1/s1. The lowest BCUT2D eigenvalue weighted by Gasteiger charge is -2.19. The number of ether oxygens (including phenoxy) is 1. The van der Waals surface area contributed by atoms with Gasteiger partial charge in [-0.1, -0.05) is 54.6 Å². The van der Waals surface area contributed by atoms with Gasteiger partial charge in [0.25, 0.3) is 0 Å². The summed E-state index contributed by atoms with van der Waals surface area (Å²) >= 11 is 0. The fourth-order valence-electron chi connectivity index (χ4n) is 4.61. The van der Waals surface area contributed by atoms with Crippen molar-refractivity contribution in [2.45, 2.75) is 24.7 Å². The van der Waals surface area contributed by atoms with Crippen molar-refractivity contribution < 1.29 is 31.1 Å². The normalized spacial score (nSPS) is 17.5. The molecular formula is C29H19F6NO. The van der Waals surface area contributed by atoms with Gasteiger partial charge in [-0.25, -0.2) is 13.2 Å². The van der Waals surface area contributed by atoms with Crippen molar-refractivity contribution in [2.75, 3.05) is 0 Å². The van der Waals surface area contributed by atoms with E-state index in [1.165, 1.54) is 54.6 Å². The molecule has 37 heavy (non-hydrogen) atoms. The first-order chi connectivity index (χ1) is 17.7. The van der Waals surface area contributed by atoms with Crippen LogP contribution in [0.25, 0.3) is 11.1 Å². The molecule has 0 saturated carbocycles. The molecule has 0 radical (unpaired) electrons.